The Labute approximate surface area is 105 Å². The van der Waals surface area contributed by atoms with Crippen molar-refractivity contribution in [3.8, 4) is 5.75 Å². The van der Waals surface area contributed by atoms with Crippen molar-refractivity contribution in [3.05, 3.63) is 59.1 Å². The van der Waals surface area contributed by atoms with E-state index < -0.39 is 0 Å². The van der Waals surface area contributed by atoms with Gasteiger partial charge in [0.05, 0.1) is 5.69 Å². The molecule has 2 aromatic rings. The molecule has 0 aliphatic carbocycles. The lowest BCUT2D eigenvalue weighted by Gasteiger charge is -2.03. The normalized spacial score (nSPS) is 11.5. The van der Waals surface area contributed by atoms with Crippen molar-refractivity contribution < 1.29 is 5.11 Å². The molecule has 0 unspecified atom stereocenters. The standard InChI is InChI=1S/C14H12ClNO/c1-10(13-4-2-3-5-14(13)17)16-12-8-6-11(15)7-9-12/h2-9,17H,1H3. The fraction of sp³-hybridized carbons (Fsp3) is 0.0714. The maximum atomic E-state index is 9.70. The van der Waals surface area contributed by atoms with Crippen molar-refractivity contribution in [1.82, 2.24) is 0 Å². The number of halogens is 1. The van der Waals surface area contributed by atoms with Crippen LogP contribution in [0.3, 0.4) is 0 Å². The minimum atomic E-state index is 0.239. The number of hydrogen-bond donors (Lipinski definition) is 1. The SMILES string of the molecule is CC(=Nc1ccc(Cl)cc1)c1ccccc1O. The van der Waals surface area contributed by atoms with Gasteiger partial charge in [-0.25, -0.2) is 0 Å². The van der Waals surface area contributed by atoms with E-state index in [4.69, 9.17) is 11.6 Å². The first-order valence-electron chi connectivity index (χ1n) is 5.26. The van der Waals surface area contributed by atoms with Crippen molar-refractivity contribution in [2.75, 3.05) is 0 Å². The monoisotopic (exact) mass is 245 g/mol. The van der Waals surface area contributed by atoms with Gasteiger partial charge in [-0.3, -0.25) is 4.99 Å². The van der Waals surface area contributed by atoms with E-state index in [1.165, 1.54) is 0 Å². The van der Waals surface area contributed by atoms with E-state index in [9.17, 15) is 5.11 Å². The first-order valence-corrected chi connectivity index (χ1v) is 5.64. The molecule has 0 heterocycles. The van der Waals surface area contributed by atoms with Crippen LogP contribution in [0.2, 0.25) is 5.02 Å². The first kappa shape index (κ1) is 11.7. The van der Waals surface area contributed by atoms with Crippen molar-refractivity contribution >= 4 is 23.0 Å². The summed E-state index contributed by atoms with van der Waals surface area (Å²) in [5, 5.41) is 10.4. The molecule has 2 nitrogen and oxygen atoms in total. The molecule has 0 saturated carbocycles. The van der Waals surface area contributed by atoms with Crippen LogP contribution in [0, 0.1) is 0 Å². The highest BCUT2D eigenvalue weighted by Gasteiger charge is 2.03. The van der Waals surface area contributed by atoms with Crippen molar-refractivity contribution in [1.29, 1.82) is 0 Å². The van der Waals surface area contributed by atoms with Crippen LogP contribution in [-0.2, 0) is 0 Å². The van der Waals surface area contributed by atoms with Gasteiger partial charge in [-0.2, -0.15) is 0 Å². The summed E-state index contributed by atoms with van der Waals surface area (Å²) in [5.41, 5.74) is 2.32. The summed E-state index contributed by atoms with van der Waals surface area (Å²) < 4.78 is 0. The summed E-state index contributed by atoms with van der Waals surface area (Å²) >= 11 is 5.80. The second kappa shape index (κ2) is 5.02. The zero-order chi connectivity index (χ0) is 12.3. The van der Waals surface area contributed by atoms with Gasteiger partial charge in [0, 0.05) is 16.3 Å². The molecule has 17 heavy (non-hydrogen) atoms. The molecule has 3 heteroatoms. The Morgan fingerprint density at radius 1 is 1.06 bits per heavy atom. The summed E-state index contributed by atoms with van der Waals surface area (Å²) in [7, 11) is 0. The minimum Gasteiger partial charge on any atom is -0.507 e. The number of rotatable bonds is 2. The summed E-state index contributed by atoms with van der Waals surface area (Å²) in [4.78, 5) is 4.43. The Hall–Kier alpha value is -1.80. The second-order valence-electron chi connectivity index (χ2n) is 3.69. The fourth-order valence-electron chi connectivity index (χ4n) is 1.55. The van der Waals surface area contributed by atoms with E-state index in [2.05, 4.69) is 4.99 Å². The number of benzene rings is 2. The maximum Gasteiger partial charge on any atom is 0.124 e. The number of aliphatic imine (C=N–C) groups is 1. The van der Waals surface area contributed by atoms with Gasteiger partial charge >= 0.3 is 0 Å². The fourth-order valence-corrected chi connectivity index (χ4v) is 1.68. The first-order chi connectivity index (χ1) is 8.16. The molecule has 0 atom stereocenters. The van der Waals surface area contributed by atoms with E-state index in [1.807, 2.05) is 31.2 Å². The molecule has 86 valence electrons. The number of para-hydroxylation sites is 1. The van der Waals surface area contributed by atoms with Gasteiger partial charge in [0.1, 0.15) is 5.75 Å². The van der Waals surface area contributed by atoms with Gasteiger partial charge < -0.3 is 5.11 Å². The molecule has 0 radical (unpaired) electrons. The molecule has 0 spiro atoms. The Balaban J connectivity index is 2.34. The van der Waals surface area contributed by atoms with Gasteiger partial charge in [-0.15, -0.1) is 0 Å². The summed E-state index contributed by atoms with van der Waals surface area (Å²) in [5.74, 6) is 0.239. The van der Waals surface area contributed by atoms with E-state index in [0.717, 1.165) is 17.0 Å². The van der Waals surface area contributed by atoms with Crippen LogP contribution >= 0.6 is 11.6 Å². The minimum absolute atomic E-state index is 0.239. The number of aromatic hydroxyl groups is 1. The van der Waals surface area contributed by atoms with E-state index in [-0.39, 0.29) is 5.75 Å². The molecule has 2 rings (SSSR count). The van der Waals surface area contributed by atoms with Crippen molar-refractivity contribution in [2.24, 2.45) is 4.99 Å². The highest BCUT2D eigenvalue weighted by atomic mass is 35.5. The topological polar surface area (TPSA) is 32.6 Å². The third-order valence-corrected chi connectivity index (χ3v) is 2.67. The Morgan fingerprint density at radius 2 is 1.71 bits per heavy atom. The Kier molecular flexibility index (Phi) is 3.45. The maximum absolute atomic E-state index is 9.70. The third kappa shape index (κ3) is 2.86. The lowest BCUT2D eigenvalue weighted by Crippen LogP contribution is -1.93. The van der Waals surface area contributed by atoms with Gasteiger partial charge in [0.25, 0.3) is 0 Å². The molecule has 0 saturated heterocycles. The predicted octanol–water partition coefficient (Wildman–Crippen LogP) is 4.19. The van der Waals surface area contributed by atoms with E-state index >= 15 is 0 Å². The van der Waals surface area contributed by atoms with Crippen LogP contribution in [0.4, 0.5) is 5.69 Å². The third-order valence-electron chi connectivity index (χ3n) is 2.42. The summed E-state index contributed by atoms with van der Waals surface area (Å²) in [6, 6.07) is 14.4. The molecule has 0 amide bonds. The van der Waals surface area contributed by atoms with Crippen molar-refractivity contribution in [3.63, 3.8) is 0 Å². The summed E-state index contributed by atoms with van der Waals surface area (Å²) in [6.07, 6.45) is 0. The van der Waals surface area contributed by atoms with E-state index in [1.54, 1.807) is 24.3 Å². The Bertz CT molecular complexity index is 546. The molecular formula is C14H12ClNO. The molecule has 0 fully saturated rings. The molecular weight excluding hydrogens is 234 g/mol. The lowest BCUT2D eigenvalue weighted by molar-refractivity contribution is 0.474. The van der Waals surface area contributed by atoms with Crippen molar-refractivity contribution in [2.45, 2.75) is 6.92 Å². The van der Waals surface area contributed by atoms with Crippen LogP contribution in [0.1, 0.15) is 12.5 Å². The zero-order valence-electron chi connectivity index (χ0n) is 9.39. The quantitative estimate of drug-likeness (QED) is 0.791. The smallest absolute Gasteiger partial charge is 0.124 e. The van der Waals surface area contributed by atoms with Gasteiger partial charge in [0.15, 0.2) is 0 Å². The second-order valence-corrected chi connectivity index (χ2v) is 4.13. The van der Waals surface area contributed by atoms with Gasteiger partial charge in [-0.1, -0.05) is 23.7 Å². The molecule has 2 aromatic carbocycles. The van der Waals surface area contributed by atoms with Crippen LogP contribution < -0.4 is 0 Å². The van der Waals surface area contributed by atoms with Gasteiger partial charge in [-0.05, 0) is 43.3 Å². The van der Waals surface area contributed by atoms with Crippen LogP contribution in [0.15, 0.2) is 53.5 Å². The average molecular weight is 246 g/mol. The lowest BCUT2D eigenvalue weighted by atomic mass is 10.1. The van der Waals surface area contributed by atoms with Crippen LogP contribution in [-0.4, -0.2) is 10.8 Å². The number of phenolic OH excluding ortho intramolecular Hbond substituents is 1. The van der Waals surface area contributed by atoms with Gasteiger partial charge in [0.2, 0.25) is 0 Å². The number of phenols is 1. The zero-order valence-corrected chi connectivity index (χ0v) is 10.1. The summed E-state index contributed by atoms with van der Waals surface area (Å²) in [6.45, 7) is 1.86. The Morgan fingerprint density at radius 3 is 2.35 bits per heavy atom. The number of hydrogen-bond acceptors (Lipinski definition) is 2. The van der Waals surface area contributed by atoms with Crippen LogP contribution in [0.25, 0.3) is 0 Å². The largest absolute Gasteiger partial charge is 0.507 e. The molecule has 0 bridgehead atoms. The molecule has 0 aliphatic heterocycles. The highest BCUT2D eigenvalue weighted by Crippen LogP contribution is 2.21. The molecule has 1 N–H and O–H groups in total. The molecule has 0 aromatic heterocycles. The van der Waals surface area contributed by atoms with Crippen LogP contribution in [0.5, 0.6) is 5.75 Å². The predicted molar refractivity (Wildman–Crippen MR) is 71.4 cm³/mol. The number of nitrogens with zero attached hydrogens (tertiary/aromatic N) is 1. The highest BCUT2D eigenvalue weighted by molar-refractivity contribution is 6.30. The average Bonchev–Trinajstić information content (AvgIpc) is 2.32. The molecule has 0 aliphatic rings. The van der Waals surface area contributed by atoms with E-state index in [0.29, 0.717) is 5.02 Å².